The molecule has 0 bridgehead atoms. The molecule has 2 rings (SSSR count). The molecule has 0 amide bonds. The molecule has 0 heterocycles. The Bertz CT molecular complexity index is 390. The quantitative estimate of drug-likeness (QED) is 0.786. The van der Waals surface area contributed by atoms with E-state index in [1.165, 1.54) is 35.5 Å². The highest BCUT2D eigenvalue weighted by Gasteiger charge is 2.29. The van der Waals surface area contributed by atoms with Crippen LogP contribution in [0.1, 0.15) is 38.7 Å². The average Bonchev–Trinajstić information content (AvgIpc) is 2.40. The van der Waals surface area contributed by atoms with Crippen LogP contribution in [0, 0.1) is 24.7 Å². The summed E-state index contributed by atoms with van der Waals surface area (Å²) in [5, 5.41) is 3.57. The van der Waals surface area contributed by atoms with Crippen LogP contribution in [0.3, 0.4) is 0 Å². The van der Waals surface area contributed by atoms with Crippen LogP contribution in [0.2, 0.25) is 0 Å². The van der Waals surface area contributed by atoms with Gasteiger partial charge in [-0.2, -0.15) is 0 Å². The molecule has 3 unspecified atom stereocenters. The van der Waals surface area contributed by atoms with E-state index in [4.69, 9.17) is 0 Å². The zero-order valence-electron chi connectivity index (χ0n) is 13.4. The van der Waals surface area contributed by atoms with Crippen LogP contribution < -0.4 is 5.32 Å². The fourth-order valence-corrected chi connectivity index (χ4v) is 4.75. The molecule has 1 aliphatic carbocycles. The van der Waals surface area contributed by atoms with Crippen molar-refractivity contribution in [3.8, 4) is 0 Å². The maximum absolute atomic E-state index is 3.57. The zero-order chi connectivity index (χ0) is 14.5. The van der Waals surface area contributed by atoms with Gasteiger partial charge in [-0.05, 0) is 63.1 Å². The van der Waals surface area contributed by atoms with Crippen LogP contribution in [-0.4, -0.2) is 18.8 Å². The Morgan fingerprint density at radius 2 is 1.70 bits per heavy atom. The number of rotatable bonds is 5. The van der Waals surface area contributed by atoms with E-state index < -0.39 is 0 Å². The molecule has 20 heavy (non-hydrogen) atoms. The van der Waals surface area contributed by atoms with E-state index in [2.05, 4.69) is 57.4 Å². The van der Waals surface area contributed by atoms with Crippen LogP contribution in [0.15, 0.2) is 29.2 Å². The molecule has 0 saturated heterocycles. The summed E-state index contributed by atoms with van der Waals surface area (Å²) in [6.07, 6.45) is 4.20. The number of nitrogens with one attached hydrogen (secondary N) is 1. The third kappa shape index (κ3) is 4.53. The van der Waals surface area contributed by atoms with Crippen molar-refractivity contribution in [3.05, 3.63) is 29.8 Å². The third-order valence-electron chi connectivity index (χ3n) is 4.61. The van der Waals surface area contributed by atoms with Crippen molar-refractivity contribution >= 4 is 11.8 Å². The van der Waals surface area contributed by atoms with Crippen molar-refractivity contribution in [1.82, 2.24) is 5.32 Å². The molecule has 1 N–H and O–H groups in total. The summed E-state index contributed by atoms with van der Waals surface area (Å²) in [4.78, 5) is 1.40. The van der Waals surface area contributed by atoms with Gasteiger partial charge in [0, 0.05) is 16.7 Å². The number of thioether (sulfide) groups is 1. The first-order valence-corrected chi connectivity index (χ1v) is 8.93. The summed E-state index contributed by atoms with van der Waals surface area (Å²) in [6, 6.07) is 9.56. The number of hydrogen-bond acceptors (Lipinski definition) is 2. The third-order valence-corrected chi connectivity index (χ3v) is 5.74. The molecule has 1 nitrogen and oxygen atoms in total. The van der Waals surface area contributed by atoms with Gasteiger partial charge in [0.2, 0.25) is 0 Å². The molecule has 0 radical (unpaired) electrons. The molecule has 112 valence electrons. The van der Waals surface area contributed by atoms with Crippen molar-refractivity contribution in [1.29, 1.82) is 0 Å². The van der Waals surface area contributed by atoms with Gasteiger partial charge in [0.15, 0.2) is 0 Å². The lowest BCUT2D eigenvalue weighted by molar-refractivity contribution is 0.188. The first kappa shape index (κ1) is 15.9. The minimum absolute atomic E-state index is 0.645. The second-order valence-electron chi connectivity index (χ2n) is 6.70. The van der Waals surface area contributed by atoms with Gasteiger partial charge < -0.3 is 5.32 Å². The standard InChI is InChI=1S/C18H29NS/c1-13-5-7-17(8-6-13)20-12-18(19-4)16-10-14(2)9-15(3)11-16/h5-8,14-16,18-19H,9-12H2,1-4H3. The number of hydrogen-bond donors (Lipinski definition) is 1. The maximum atomic E-state index is 3.57. The van der Waals surface area contributed by atoms with Crippen molar-refractivity contribution in [2.45, 2.75) is 51.0 Å². The molecule has 0 aliphatic heterocycles. The van der Waals surface area contributed by atoms with Crippen LogP contribution in [0.4, 0.5) is 0 Å². The average molecular weight is 292 g/mol. The minimum Gasteiger partial charge on any atom is -0.316 e. The smallest absolute Gasteiger partial charge is 0.0187 e. The summed E-state index contributed by atoms with van der Waals surface area (Å²) in [5.41, 5.74) is 1.34. The van der Waals surface area contributed by atoms with E-state index in [0.29, 0.717) is 6.04 Å². The van der Waals surface area contributed by atoms with Crippen molar-refractivity contribution in [3.63, 3.8) is 0 Å². The molecule has 0 aromatic heterocycles. The fourth-order valence-electron chi connectivity index (χ4n) is 3.61. The largest absolute Gasteiger partial charge is 0.316 e. The van der Waals surface area contributed by atoms with Gasteiger partial charge in [0.25, 0.3) is 0 Å². The van der Waals surface area contributed by atoms with E-state index in [-0.39, 0.29) is 0 Å². The maximum Gasteiger partial charge on any atom is 0.0187 e. The van der Waals surface area contributed by atoms with E-state index in [9.17, 15) is 0 Å². The summed E-state index contributed by atoms with van der Waals surface area (Å²) in [6.45, 7) is 6.99. The molecule has 1 aliphatic rings. The Morgan fingerprint density at radius 3 is 2.25 bits per heavy atom. The van der Waals surface area contributed by atoms with E-state index in [1.807, 2.05) is 11.8 Å². The highest BCUT2D eigenvalue weighted by molar-refractivity contribution is 7.99. The van der Waals surface area contributed by atoms with Crippen LogP contribution in [-0.2, 0) is 0 Å². The lowest BCUT2D eigenvalue weighted by atomic mass is 9.74. The van der Waals surface area contributed by atoms with Gasteiger partial charge in [-0.1, -0.05) is 31.5 Å². The number of benzene rings is 1. The topological polar surface area (TPSA) is 12.0 Å². The Morgan fingerprint density at radius 1 is 1.10 bits per heavy atom. The van der Waals surface area contributed by atoms with Gasteiger partial charge in [0.1, 0.15) is 0 Å². The van der Waals surface area contributed by atoms with E-state index >= 15 is 0 Å². The summed E-state index contributed by atoms with van der Waals surface area (Å²) in [5.74, 6) is 3.81. The van der Waals surface area contributed by atoms with Crippen molar-refractivity contribution < 1.29 is 0 Å². The molecule has 1 aromatic carbocycles. The first-order chi connectivity index (χ1) is 9.58. The Kier molecular flexibility index (Phi) is 5.98. The van der Waals surface area contributed by atoms with Crippen LogP contribution >= 0.6 is 11.8 Å². The van der Waals surface area contributed by atoms with Gasteiger partial charge in [0.05, 0.1) is 0 Å². The fraction of sp³-hybridized carbons (Fsp3) is 0.667. The lowest BCUT2D eigenvalue weighted by Crippen LogP contribution is -2.39. The zero-order valence-corrected chi connectivity index (χ0v) is 14.2. The molecule has 2 heteroatoms. The Balaban J connectivity index is 1.89. The van der Waals surface area contributed by atoms with Crippen molar-refractivity contribution in [2.24, 2.45) is 17.8 Å². The Hall–Kier alpha value is -0.470. The van der Waals surface area contributed by atoms with Gasteiger partial charge in [-0.15, -0.1) is 11.8 Å². The monoisotopic (exact) mass is 291 g/mol. The molecule has 1 aromatic rings. The van der Waals surface area contributed by atoms with Crippen LogP contribution in [0.25, 0.3) is 0 Å². The first-order valence-electron chi connectivity index (χ1n) is 7.95. The predicted octanol–water partition coefficient (Wildman–Crippen LogP) is 4.75. The Labute approximate surface area is 128 Å². The lowest BCUT2D eigenvalue weighted by Gasteiger charge is -2.36. The van der Waals surface area contributed by atoms with Crippen molar-refractivity contribution in [2.75, 3.05) is 12.8 Å². The van der Waals surface area contributed by atoms with Crippen LogP contribution in [0.5, 0.6) is 0 Å². The van der Waals surface area contributed by atoms with Gasteiger partial charge in [-0.3, -0.25) is 0 Å². The van der Waals surface area contributed by atoms with Gasteiger partial charge in [-0.25, -0.2) is 0 Å². The molecule has 1 saturated carbocycles. The molecular weight excluding hydrogens is 262 g/mol. The molecule has 3 atom stereocenters. The minimum atomic E-state index is 0.645. The molecule has 0 spiro atoms. The number of aryl methyl sites for hydroxylation is 1. The highest BCUT2D eigenvalue weighted by Crippen LogP contribution is 2.36. The second kappa shape index (κ2) is 7.51. The summed E-state index contributed by atoms with van der Waals surface area (Å²) in [7, 11) is 2.13. The molecule has 1 fully saturated rings. The summed E-state index contributed by atoms with van der Waals surface area (Å²) < 4.78 is 0. The van der Waals surface area contributed by atoms with E-state index in [0.717, 1.165) is 17.8 Å². The highest BCUT2D eigenvalue weighted by atomic mass is 32.2. The van der Waals surface area contributed by atoms with E-state index in [1.54, 1.807) is 0 Å². The van der Waals surface area contributed by atoms with Gasteiger partial charge >= 0.3 is 0 Å². The molecular formula is C18H29NS. The normalized spacial score (nSPS) is 28.3. The predicted molar refractivity (Wildman–Crippen MR) is 90.4 cm³/mol. The SMILES string of the molecule is CNC(CSc1ccc(C)cc1)C1CC(C)CC(C)C1. The summed E-state index contributed by atoms with van der Waals surface area (Å²) >= 11 is 2.00. The second-order valence-corrected chi connectivity index (χ2v) is 7.79.